The maximum absolute atomic E-state index is 10.8. The molecule has 0 radical (unpaired) electrons. The standard InChI is InChI=1S/C7H8N2O2.C2H6/c1-5-3-8-4-6(9-5)7(10)11-2;1-2/h3-4H,1-2H3;1-2H3. The number of aryl methyl sites for hydroxylation is 1. The van der Waals surface area contributed by atoms with Crippen LogP contribution in [0, 0.1) is 6.92 Å². The highest BCUT2D eigenvalue weighted by molar-refractivity contribution is 5.86. The number of nitrogens with zero attached hydrogens (tertiary/aromatic N) is 2. The first kappa shape index (κ1) is 11.6. The third kappa shape index (κ3) is 3.64. The summed E-state index contributed by atoms with van der Waals surface area (Å²) in [6.07, 6.45) is 2.95. The Bertz CT molecular complexity index is 274. The Morgan fingerprint density at radius 1 is 1.38 bits per heavy atom. The van der Waals surface area contributed by atoms with Crippen molar-refractivity contribution >= 4 is 5.97 Å². The fourth-order valence-electron chi connectivity index (χ4n) is 0.666. The molecular formula is C9H14N2O2. The molecule has 1 aromatic rings. The van der Waals surface area contributed by atoms with Gasteiger partial charge in [0.25, 0.3) is 0 Å². The summed E-state index contributed by atoms with van der Waals surface area (Å²) in [5, 5.41) is 0. The first-order chi connectivity index (χ1) is 6.24. The fraction of sp³-hybridized carbons (Fsp3) is 0.444. The Labute approximate surface area is 78.0 Å². The largest absolute Gasteiger partial charge is 0.464 e. The van der Waals surface area contributed by atoms with Crippen molar-refractivity contribution < 1.29 is 9.53 Å². The molecule has 0 atom stereocenters. The van der Waals surface area contributed by atoms with Crippen LogP contribution < -0.4 is 0 Å². The Hall–Kier alpha value is -1.45. The molecule has 0 saturated heterocycles. The van der Waals surface area contributed by atoms with Gasteiger partial charge in [-0.3, -0.25) is 4.98 Å². The molecule has 0 fully saturated rings. The minimum absolute atomic E-state index is 0.243. The highest BCUT2D eigenvalue weighted by Gasteiger charge is 2.05. The topological polar surface area (TPSA) is 52.1 Å². The first-order valence-corrected chi connectivity index (χ1v) is 4.11. The molecule has 0 saturated carbocycles. The Morgan fingerprint density at radius 2 is 2.00 bits per heavy atom. The highest BCUT2D eigenvalue weighted by Crippen LogP contribution is 1.95. The molecule has 0 bridgehead atoms. The molecular weight excluding hydrogens is 168 g/mol. The number of aromatic nitrogens is 2. The lowest BCUT2D eigenvalue weighted by Gasteiger charge is -1.96. The molecule has 0 unspecified atom stereocenters. The van der Waals surface area contributed by atoms with Gasteiger partial charge in [0.1, 0.15) is 0 Å². The van der Waals surface area contributed by atoms with E-state index in [1.54, 1.807) is 13.1 Å². The molecule has 72 valence electrons. The van der Waals surface area contributed by atoms with Gasteiger partial charge in [-0.05, 0) is 6.92 Å². The Balaban J connectivity index is 0.000000671. The van der Waals surface area contributed by atoms with Crippen LogP contribution in [0.25, 0.3) is 0 Å². The van der Waals surface area contributed by atoms with E-state index in [1.165, 1.54) is 13.3 Å². The van der Waals surface area contributed by atoms with E-state index in [0.29, 0.717) is 5.69 Å². The summed E-state index contributed by atoms with van der Waals surface area (Å²) in [7, 11) is 1.31. The third-order valence-corrected chi connectivity index (χ3v) is 1.15. The Kier molecular flexibility index (Phi) is 5.43. The van der Waals surface area contributed by atoms with Crippen molar-refractivity contribution in [2.45, 2.75) is 20.8 Å². The Morgan fingerprint density at radius 3 is 2.46 bits per heavy atom. The molecule has 0 aromatic carbocycles. The smallest absolute Gasteiger partial charge is 0.358 e. The quantitative estimate of drug-likeness (QED) is 0.619. The lowest BCUT2D eigenvalue weighted by Crippen LogP contribution is -2.05. The van der Waals surface area contributed by atoms with Crippen LogP contribution in [-0.2, 0) is 4.74 Å². The molecule has 13 heavy (non-hydrogen) atoms. The van der Waals surface area contributed by atoms with Gasteiger partial charge in [-0.1, -0.05) is 13.8 Å². The second-order valence-corrected chi connectivity index (χ2v) is 2.04. The summed E-state index contributed by atoms with van der Waals surface area (Å²) >= 11 is 0. The number of hydrogen-bond acceptors (Lipinski definition) is 4. The van der Waals surface area contributed by atoms with E-state index in [4.69, 9.17) is 0 Å². The average molecular weight is 182 g/mol. The molecule has 0 aliphatic rings. The summed E-state index contributed by atoms with van der Waals surface area (Å²) in [5.74, 6) is -0.457. The number of rotatable bonds is 1. The minimum Gasteiger partial charge on any atom is -0.464 e. The minimum atomic E-state index is -0.457. The van der Waals surface area contributed by atoms with Crippen LogP contribution in [0.3, 0.4) is 0 Å². The van der Waals surface area contributed by atoms with E-state index in [-0.39, 0.29) is 5.69 Å². The van der Waals surface area contributed by atoms with Crippen LogP contribution in [-0.4, -0.2) is 23.0 Å². The molecule has 4 heteroatoms. The van der Waals surface area contributed by atoms with E-state index in [1.807, 2.05) is 13.8 Å². The zero-order valence-corrected chi connectivity index (χ0v) is 8.37. The van der Waals surface area contributed by atoms with Gasteiger partial charge in [-0.2, -0.15) is 0 Å². The third-order valence-electron chi connectivity index (χ3n) is 1.15. The summed E-state index contributed by atoms with van der Waals surface area (Å²) in [6.45, 7) is 5.76. The van der Waals surface area contributed by atoms with Crippen molar-refractivity contribution in [3.63, 3.8) is 0 Å². The van der Waals surface area contributed by atoms with Gasteiger partial charge in [0, 0.05) is 6.20 Å². The lowest BCUT2D eigenvalue weighted by atomic mass is 10.4. The summed E-state index contributed by atoms with van der Waals surface area (Å²) in [4.78, 5) is 18.5. The first-order valence-electron chi connectivity index (χ1n) is 4.11. The zero-order valence-electron chi connectivity index (χ0n) is 8.37. The second kappa shape index (κ2) is 6.11. The van der Waals surface area contributed by atoms with Gasteiger partial charge in [-0.25, -0.2) is 9.78 Å². The van der Waals surface area contributed by atoms with Gasteiger partial charge in [0.2, 0.25) is 0 Å². The van der Waals surface area contributed by atoms with Gasteiger partial charge in [-0.15, -0.1) is 0 Å². The fourth-order valence-corrected chi connectivity index (χ4v) is 0.666. The van der Waals surface area contributed by atoms with Crippen LogP contribution in [0.5, 0.6) is 0 Å². The summed E-state index contributed by atoms with van der Waals surface area (Å²) in [6, 6.07) is 0. The zero-order chi connectivity index (χ0) is 10.3. The molecule has 1 heterocycles. The monoisotopic (exact) mass is 182 g/mol. The normalized spacial score (nSPS) is 8.31. The van der Waals surface area contributed by atoms with Crippen molar-refractivity contribution in [2.24, 2.45) is 0 Å². The maximum Gasteiger partial charge on any atom is 0.358 e. The second-order valence-electron chi connectivity index (χ2n) is 2.04. The molecule has 1 rings (SSSR count). The number of ether oxygens (including phenoxy) is 1. The summed E-state index contributed by atoms with van der Waals surface area (Å²) < 4.78 is 4.45. The summed E-state index contributed by atoms with van der Waals surface area (Å²) in [5.41, 5.74) is 0.945. The molecule has 4 nitrogen and oxygen atoms in total. The van der Waals surface area contributed by atoms with Crippen LogP contribution in [0.15, 0.2) is 12.4 Å². The molecule has 0 amide bonds. The van der Waals surface area contributed by atoms with E-state index >= 15 is 0 Å². The van der Waals surface area contributed by atoms with Crippen molar-refractivity contribution in [2.75, 3.05) is 7.11 Å². The highest BCUT2D eigenvalue weighted by atomic mass is 16.5. The van der Waals surface area contributed by atoms with E-state index in [2.05, 4.69) is 14.7 Å². The van der Waals surface area contributed by atoms with Crippen LogP contribution in [0.1, 0.15) is 30.0 Å². The lowest BCUT2D eigenvalue weighted by molar-refractivity contribution is 0.0593. The predicted molar refractivity (Wildman–Crippen MR) is 49.5 cm³/mol. The number of methoxy groups -OCH3 is 1. The van der Waals surface area contributed by atoms with Crippen LogP contribution in [0.2, 0.25) is 0 Å². The van der Waals surface area contributed by atoms with Crippen molar-refractivity contribution in [1.29, 1.82) is 0 Å². The number of esters is 1. The van der Waals surface area contributed by atoms with Crippen LogP contribution in [0.4, 0.5) is 0 Å². The van der Waals surface area contributed by atoms with E-state index < -0.39 is 5.97 Å². The van der Waals surface area contributed by atoms with Crippen molar-refractivity contribution in [3.8, 4) is 0 Å². The molecule has 0 aliphatic carbocycles. The van der Waals surface area contributed by atoms with E-state index in [9.17, 15) is 4.79 Å². The van der Waals surface area contributed by atoms with Crippen LogP contribution >= 0.6 is 0 Å². The SMILES string of the molecule is CC.COC(=O)c1cncc(C)n1. The van der Waals surface area contributed by atoms with Gasteiger partial charge < -0.3 is 4.74 Å². The van der Waals surface area contributed by atoms with Gasteiger partial charge in [0.05, 0.1) is 19.0 Å². The molecule has 0 N–H and O–H groups in total. The maximum atomic E-state index is 10.8. The number of carbonyl (C=O) groups excluding carboxylic acids is 1. The number of carbonyl (C=O) groups is 1. The van der Waals surface area contributed by atoms with Crippen molar-refractivity contribution in [3.05, 3.63) is 23.8 Å². The van der Waals surface area contributed by atoms with Gasteiger partial charge >= 0.3 is 5.97 Å². The number of hydrogen-bond donors (Lipinski definition) is 0. The van der Waals surface area contributed by atoms with E-state index in [0.717, 1.165) is 0 Å². The van der Waals surface area contributed by atoms with Crippen molar-refractivity contribution in [1.82, 2.24) is 9.97 Å². The predicted octanol–water partition coefficient (Wildman–Crippen LogP) is 1.60. The molecule has 1 aromatic heterocycles. The molecule has 0 spiro atoms. The molecule has 0 aliphatic heterocycles. The van der Waals surface area contributed by atoms with Gasteiger partial charge in [0.15, 0.2) is 5.69 Å². The average Bonchev–Trinajstić information content (AvgIpc) is 2.20.